The van der Waals surface area contributed by atoms with Crippen LogP contribution in [0.2, 0.25) is 5.02 Å². The van der Waals surface area contributed by atoms with Gasteiger partial charge >= 0.3 is 11.7 Å². The van der Waals surface area contributed by atoms with Gasteiger partial charge in [-0.3, -0.25) is 4.57 Å². The zero-order chi connectivity index (χ0) is 11.2. The summed E-state index contributed by atoms with van der Waals surface area (Å²) in [6, 6.07) is 2.69. The molecule has 0 spiro atoms. The lowest BCUT2D eigenvalue weighted by atomic mass is 10.2. The Kier molecular flexibility index (Phi) is 2.04. The molecule has 1 N–H and O–H groups in total. The number of hydrogen-bond donors (Lipinski definition) is 1. The minimum atomic E-state index is -1.15. The van der Waals surface area contributed by atoms with Crippen LogP contribution in [0.3, 0.4) is 0 Å². The molecule has 5 nitrogen and oxygen atoms in total. The Morgan fingerprint density at radius 2 is 2.20 bits per heavy atom. The second-order valence-electron chi connectivity index (χ2n) is 3.03. The highest BCUT2D eigenvalue weighted by Gasteiger charge is 2.16. The van der Waals surface area contributed by atoms with Crippen molar-refractivity contribution in [1.29, 1.82) is 0 Å². The molecule has 78 valence electrons. The number of benzene rings is 1. The van der Waals surface area contributed by atoms with E-state index in [1.54, 1.807) is 0 Å². The maximum Gasteiger partial charge on any atom is 0.419 e. The lowest BCUT2D eigenvalue weighted by molar-refractivity contribution is 0.0698. The number of nitrogens with zero attached hydrogens (tertiary/aromatic N) is 1. The van der Waals surface area contributed by atoms with Crippen LogP contribution in [-0.4, -0.2) is 15.6 Å². The third-order valence-corrected chi connectivity index (χ3v) is 2.29. The predicted octanol–water partition coefficient (Wildman–Crippen LogP) is 1.48. The largest absolute Gasteiger partial charge is 0.478 e. The number of hydrogen-bond acceptors (Lipinski definition) is 3. The predicted molar refractivity (Wildman–Crippen MR) is 53.4 cm³/mol. The van der Waals surface area contributed by atoms with E-state index in [0.717, 1.165) is 4.57 Å². The number of carbonyl (C=O) groups is 1. The fraction of sp³-hybridized carbons (Fsp3) is 0.111. The highest BCUT2D eigenvalue weighted by Crippen LogP contribution is 2.22. The average Bonchev–Trinajstić information content (AvgIpc) is 2.41. The van der Waals surface area contributed by atoms with Gasteiger partial charge in [0.1, 0.15) is 5.52 Å². The number of rotatable bonds is 1. The quantitative estimate of drug-likeness (QED) is 0.801. The number of carboxylic acids is 1. The molecule has 0 fully saturated rings. The summed E-state index contributed by atoms with van der Waals surface area (Å²) >= 11 is 5.69. The number of aromatic carboxylic acids is 1. The monoisotopic (exact) mass is 227 g/mol. The maximum atomic E-state index is 11.2. The van der Waals surface area contributed by atoms with E-state index in [1.165, 1.54) is 19.2 Å². The van der Waals surface area contributed by atoms with E-state index in [4.69, 9.17) is 21.1 Å². The van der Waals surface area contributed by atoms with E-state index in [9.17, 15) is 9.59 Å². The minimum absolute atomic E-state index is 0.0501. The van der Waals surface area contributed by atoms with Crippen molar-refractivity contribution < 1.29 is 14.3 Å². The molecule has 1 aromatic heterocycles. The highest BCUT2D eigenvalue weighted by molar-refractivity contribution is 6.31. The van der Waals surface area contributed by atoms with Gasteiger partial charge < -0.3 is 9.52 Å². The molecule has 0 saturated heterocycles. The van der Waals surface area contributed by atoms with Gasteiger partial charge in [0.25, 0.3) is 0 Å². The van der Waals surface area contributed by atoms with Crippen LogP contribution in [-0.2, 0) is 7.05 Å². The first-order valence-electron chi connectivity index (χ1n) is 4.03. The normalized spacial score (nSPS) is 10.8. The first-order valence-corrected chi connectivity index (χ1v) is 4.41. The van der Waals surface area contributed by atoms with Gasteiger partial charge in [-0.25, -0.2) is 9.59 Å². The molecule has 0 radical (unpaired) electrons. The van der Waals surface area contributed by atoms with Gasteiger partial charge in [0, 0.05) is 18.1 Å². The van der Waals surface area contributed by atoms with Crippen molar-refractivity contribution in [2.75, 3.05) is 0 Å². The van der Waals surface area contributed by atoms with Gasteiger partial charge in [0.05, 0.1) is 5.56 Å². The summed E-state index contributed by atoms with van der Waals surface area (Å²) in [6.07, 6.45) is 0. The van der Waals surface area contributed by atoms with Gasteiger partial charge in [-0.1, -0.05) is 11.6 Å². The van der Waals surface area contributed by atoms with Gasteiger partial charge in [0.15, 0.2) is 5.58 Å². The van der Waals surface area contributed by atoms with Gasteiger partial charge in [0.2, 0.25) is 0 Å². The Bertz CT molecular complexity index is 610. The molecule has 0 saturated carbocycles. The molecule has 1 aromatic carbocycles. The van der Waals surface area contributed by atoms with Crippen LogP contribution in [0.15, 0.2) is 21.3 Å². The summed E-state index contributed by atoms with van der Waals surface area (Å²) in [4.78, 5) is 22.1. The molecule has 15 heavy (non-hydrogen) atoms. The zero-order valence-electron chi connectivity index (χ0n) is 7.65. The Balaban J connectivity index is 3.01. The fourth-order valence-electron chi connectivity index (χ4n) is 1.41. The first kappa shape index (κ1) is 9.79. The average molecular weight is 228 g/mol. The molecular formula is C9H6ClNO4. The van der Waals surface area contributed by atoms with E-state index in [-0.39, 0.29) is 21.7 Å². The molecule has 2 aromatic rings. The fourth-order valence-corrected chi connectivity index (χ4v) is 1.62. The number of carboxylic acid groups (broad SMARTS) is 1. The van der Waals surface area contributed by atoms with Crippen LogP contribution in [0.25, 0.3) is 11.1 Å². The highest BCUT2D eigenvalue weighted by atomic mass is 35.5. The van der Waals surface area contributed by atoms with E-state index in [0.29, 0.717) is 0 Å². The Hall–Kier alpha value is -1.75. The summed E-state index contributed by atoms with van der Waals surface area (Å²) in [5.74, 6) is -1.77. The van der Waals surface area contributed by atoms with Crippen LogP contribution in [0, 0.1) is 0 Å². The van der Waals surface area contributed by atoms with Crippen LogP contribution >= 0.6 is 11.6 Å². The molecule has 0 amide bonds. The minimum Gasteiger partial charge on any atom is -0.478 e. The zero-order valence-corrected chi connectivity index (χ0v) is 8.41. The molecule has 0 aliphatic rings. The molecule has 0 atom stereocenters. The molecule has 0 unspecified atom stereocenters. The molecule has 1 heterocycles. The molecule has 6 heteroatoms. The molecule has 0 aliphatic carbocycles. The van der Waals surface area contributed by atoms with Crippen LogP contribution in [0.5, 0.6) is 0 Å². The molecule has 0 bridgehead atoms. The van der Waals surface area contributed by atoms with Crippen molar-refractivity contribution in [3.8, 4) is 0 Å². The van der Waals surface area contributed by atoms with E-state index < -0.39 is 11.7 Å². The van der Waals surface area contributed by atoms with Crippen LogP contribution in [0.4, 0.5) is 0 Å². The van der Waals surface area contributed by atoms with Crippen molar-refractivity contribution in [2.45, 2.75) is 0 Å². The summed E-state index contributed by atoms with van der Waals surface area (Å²) in [7, 11) is 1.44. The van der Waals surface area contributed by atoms with E-state index in [1.807, 2.05) is 0 Å². The van der Waals surface area contributed by atoms with E-state index >= 15 is 0 Å². The van der Waals surface area contributed by atoms with E-state index in [2.05, 4.69) is 0 Å². The number of aromatic nitrogens is 1. The van der Waals surface area contributed by atoms with Gasteiger partial charge in [-0.15, -0.1) is 0 Å². The van der Waals surface area contributed by atoms with Crippen molar-refractivity contribution in [3.63, 3.8) is 0 Å². The second kappa shape index (κ2) is 3.13. The number of oxazole rings is 1. The SMILES string of the molecule is Cn1c(=O)oc2cc(Cl)cc(C(=O)O)c21. The number of halogens is 1. The first-order chi connectivity index (χ1) is 7.00. The Labute approximate surface area is 88.5 Å². The summed E-state index contributed by atoms with van der Waals surface area (Å²) in [5, 5.41) is 9.14. The van der Waals surface area contributed by atoms with Crippen molar-refractivity contribution in [1.82, 2.24) is 4.57 Å². The molecule has 0 aliphatic heterocycles. The number of fused-ring (bicyclic) bond motifs is 1. The van der Waals surface area contributed by atoms with Crippen molar-refractivity contribution in [3.05, 3.63) is 33.3 Å². The number of aryl methyl sites for hydroxylation is 1. The second-order valence-corrected chi connectivity index (χ2v) is 3.47. The van der Waals surface area contributed by atoms with Crippen LogP contribution < -0.4 is 5.76 Å². The third kappa shape index (κ3) is 1.41. The van der Waals surface area contributed by atoms with Crippen molar-refractivity contribution >= 4 is 28.7 Å². The maximum absolute atomic E-state index is 11.2. The summed E-state index contributed by atoms with van der Waals surface area (Å²) < 4.78 is 5.96. The third-order valence-electron chi connectivity index (χ3n) is 2.08. The summed E-state index contributed by atoms with van der Waals surface area (Å²) in [5.41, 5.74) is 0.357. The lowest BCUT2D eigenvalue weighted by Gasteiger charge is -1.99. The topological polar surface area (TPSA) is 72.4 Å². The van der Waals surface area contributed by atoms with Gasteiger partial charge in [-0.05, 0) is 6.07 Å². The molecular weight excluding hydrogens is 222 g/mol. The smallest absolute Gasteiger partial charge is 0.419 e. The van der Waals surface area contributed by atoms with Crippen LogP contribution in [0.1, 0.15) is 10.4 Å². The Morgan fingerprint density at radius 3 is 2.80 bits per heavy atom. The van der Waals surface area contributed by atoms with Gasteiger partial charge in [-0.2, -0.15) is 0 Å². The Morgan fingerprint density at radius 1 is 1.53 bits per heavy atom. The van der Waals surface area contributed by atoms with Crippen molar-refractivity contribution in [2.24, 2.45) is 7.05 Å². The lowest BCUT2D eigenvalue weighted by Crippen LogP contribution is -2.10. The molecule has 2 rings (SSSR count). The summed E-state index contributed by atoms with van der Waals surface area (Å²) in [6.45, 7) is 0. The standard InChI is InChI=1S/C9H6ClNO4/c1-11-7-5(8(12)13)2-4(10)3-6(7)15-9(11)14/h2-3H,1H3,(H,12,13).